The summed E-state index contributed by atoms with van der Waals surface area (Å²) in [6.07, 6.45) is 6.11. The maximum absolute atomic E-state index is 15.3. The zero-order valence-electron chi connectivity index (χ0n) is 26.3. The minimum atomic E-state index is -1.25. The third-order valence-corrected chi connectivity index (χ3v) is 9.16. The van der Waals surface area contributed by atoms with Gasteiger partial charge < -0.3 is 29.4 Å². The van der Waals surface area contributed by atoms with Gasteiger partial charge in [0.05, 0.1) is 17.8 Å². The molecule has 12 heteroatoms. The summed E-state index contributed by atoms with van der Waals surface area (Å²) in [7, 11) is 0. The van der Waals surface area contributed by atoms with E-state index in [1.54, 1.807) is 31.0 Å². The molecule has 11 nitrogen and oxygen atoms in total. The molecule has 2 aromatic carbocycles. The molecule has 2 aliphatic heterocycles. The van der Waals surface area contributed by atoms with E-state index in [9.17, 15) is 19.5 Å². The standard InChI is InChI=1S/C34H41FN6O5/c1-34(2,32(43)38-14-16-39(17-15-38)33(44)45)46-28-11-12-29(35)30(18-28)40-13-3-4-25(22-40)31(42)41(27-9-10-27)21-23-5-7-24(8-6-23)26-19-36-37-20-26/h5-8,11-12,18-20,25,27H,3-4,9-10,13-17,21-22H2,1-2H3,(H,36,37)(H,44,45)/t25-/m1/s1. The van der Waals surface area contributed by atoms with Crippen LogP contribution >= 0.6 is 0 Å². The Morgan fingerprint density at radius 2 is 1.72 bits per heavy atom. The molecule has 0 spiro atoms. The number of piperazine rings is 1. The van der Waals surface area contributed by atoms with Crippen molar-refractivity contribution in [2.75, 3.05) is 44.2 Å². The van der Waals surface area contributed by atoms with Crippen molar-refractivity contribution in [3.63, 3.8) is 0 Å². The number of carbonyl (C=O) groups is 3. The smallest absolute Gasteiger partial charge is 0.407 e. The number of halogens is 1. The Balaban J connectivity index is 1.11. The molecule has 3 fully saturated rings. The fourth-order valence-electron chi connectivity index (χ4n) is 6.43. The van der Waals surface area contributed by atoms with Gasteiger partial charge in [0.15, 0.2) is 5.60 Å². The monoisotopic (exact) mass is 632 g/mol. The second kappa shape index (κ2) is 13.0. The zero-order chi connectivity index (χ0) is 32.4. The van der Waals surface area contributed by atoms with Gasteiger partial charge in [-0.05, 0) is 62.8 Å². The van der Waals surface area contributed by atoms with Crippen molar-refractivity contribution in [1.29, 1.82) is 0 Å². The van der Waals surface area contributed by atoms with E-state index in [2.05, 4.69) is 22.3 Å². The number of H-pyrrole nitrogens is 1. The van der Waals surface area contributed by atoms with Crippen molar-refractivity contribution < 1.29 is 28.6 Å². The number of hydrogen-bond donors (Lipinski definition) is 2. The van der Waals surface area contributed by atoms with Crippen LogP contribution in [0.25, 0.3) is 11.1 Å². The van der Waals surface area contributed by atoms with Gasteiger partial charge in [-0.1, -0.05) is 24.3 Å². The van der Waals surface area contributed by atoms with Gasteiger partial charge >= 0.3 is 6.09 Å². The second-order valence-corrected chi connectivity index (χ2v) is 13.0. The number of carbonyl (C=O) groups excluding carboxylic acids is 2. The number of aromatic nitrogens is 2. The molecule has 3 aliphatic rings. The predicted octanol–water partition coefficient (Wildman–Crippen LogP) is 4.60. The minimum absolute atomic E-state index is 0.105. The Labute approximate surface area is 267 Å². The topological polar surface area (TPSA) is 122 Å². The van der Waals surface area contributed by atoms with E-state index in [0.717, 1.165) is 42.4 Å². The molecule has 3 heterocycles. The molecule has 1 saturated carbocycles. The number of rotatable bonds is 9. The molecule has 6 rings (SSSR count). The number of nitrogens with one attached hydrogen (secondary N) is 1. The lowest BCUT2D eigenvalue weighted by Crippen LogP contribution is -2.56. The molecule has 3 aromatic rings. The lowest BCUT2D eigenvalue weighted by Gasteiger charge is -2.38. The number of aromatic amines is 1. The van der Waals surface area contributed by atoms with Crippen LogP contribution in [0.1, 0.15) is 45.1 Å². The fraction of sp³-hybridized carbons (Fsp3) is 0.471. The van der Waals surface area contributed by atoms with Crippen LogP contribution < -0.4 is 9.64 Å². The molecule has 1 aliphatic carbocycles. The summed E-state index contributed by atoms with van der Waals surface area (Å²) in [5.41, 5.74) is 2.24. The van der Waals surface area contributed by atoms with Crippen molar-refractivity contribution in [2.45, 2.75) is 57.7 Å². The highest BCUT2D eigenvalue weighted by Crippen LogP contribution is 2.35. The van der Waals surface area contributed by atoms with Crippen molar-refractivity contribution in [2.24, 2.45) is 5.92 Å². The first-order chi connectivity index (χ1) is 22.1. The molecule has 2 N–H and O–H groups in total. The van der Waals surface area contributed by atoms with Gasteiger partial charge in [0.25, 0.3) is 5.91 Å². The molecular weight excluding hydrogens is 591 g/mol. The largest absolute Gasteiger partial charge is 0.478 e. The third-order valence-electron chi connectivity index (χ3n) is 9.16. The van der Waals surface area contributed by atoms with Crippen LogP contribution in [-0.4, -0.2) is 98.8 Å². The number of anilines is 1. The number of nitrogens with zero attached hydrogens (tertiary/aromatic N) is 5. The molecular formula is C34H41FN6O5. The van der Waals surface area contributed by atoms with E-state index in [-0.39, 0.29) is 50.0 Å². The summed E-state index contributed by atoms with van der Waals surface area (Å²) in [6.45, 7) is 5.92. The first-order valence-corrected chi connectivity index (χ1v) is 16.0. The number of piperidine rings is 1. The van der Waals surface area contributed by atoms with Gasteiger partial charge in [-0.3, -0.25) is 14.7 Å². The van der Waals surface area contributed by atoms with Crippen molar-refractivity contribution in [1.82, 2.24) is 24.9 Å². The zero-order valence-corrected chi connectivity index (χ0v) is 26.3. The van der Waals surface area contributed by atoms with E-state index >= 15 is 4.39 Å². The van der Waals surface area contributed by atoms with E-state index < -0.39 is 17.5 Å². The highest BCUT2D eigenvalue weighted by Gasteiger charge is 2.39. The number of amides is 3. The normalized spacial score (nSPS) is 18.8. The number of carboxylic acid groups (broad SMARTS) is 1. The highest BCUT2D eigenvalue weighted by molar-refractivity contribution is 5.85. The Hall–Kier alpha value is -4.61. The molecule has 244 valence electrons. The third kappa shape index (κ3) is 6.95. The summed E-state index contributed by atoms with van der Waals surface area (Å²) in [5.74, 6) is -0.472. The molecule has 46 heavy (non-hydrogen) atoms. The van der Waals surface area contributed by atoms with E-state index in [1.165, 1.54) is 17.0 Å². The lowest BCUT2D eigenvalue weighted by molar-refractivity contribution is -0.147. The van der Waals surface area contributed by atoms with Crippen molar-refractivity contribution >= 4 is 23.6 Å². The van der Waals surface area contributed by atoms with Crippen LogP contribution in [-0.2, 0) is 16.1 Å². The Morgan fingerprint density at radius 1 is 1.00 bits per heavy atom. The molecule has 2 saturated heterocycles. The molecule has 0 radical (unpaired) electrons. The molecule has 0 unspecified atom stereocenters. The quantitative estimate of drug-likeness (QED) is 0.354. The predicted molar refractivity (Wildman–Crippen MR) is 170 cm³/mol. The van der Waals surface area contributed by atoms with Crippen molar-refractivity contribution in [3.8, 4) is 16.9 Å². The fourth-order valence-corrected chi connectivity index (χ4v) is 6.43. The summed E-state index contributed by atoms with van der Waals surface area (Å²) >= 11 is 0. The van der Waals surface area contributed by atoms with Crippen LogP contribution in [0.4, 0.5) is 14.9 Å². The summed E-state index contributed by atoms with van der Waals surface area (Å²) in [6, 6.07) is 12.9. The van der Waals surface area contributed by atoms with Crippen LogP contribution in [0.5, 0.6) is 5.75 Å². The van der Waals surface area contributed by atoms with Gasteiger partial charge in [-0.15, -0.1) is 0 Å². The average Bonchev–Trinajstić information content (AvgIpc) is 3.76. The van der Waals surface area contributed by atoms with E-state index in [4.69, 9.17) is 4.74 Å². The maximum atomic E-state index is 15.3. The first-order valence-electron chi connectivity index (χ1n) is 16.0. The molecule has 3 amide bonds. The van der Waals surface area contributed by atoms with Gasteiger partial charge in [0, 0.05) is 69.7 Å². The summed E-state index contributed by atoms with van der Waals surface area (Å²) in [4.78, 5) is 45.3. The lowest BCUT2D eigenvalue weighted by atomic mass is 9.95. The van der Waals surface area contributed by atoms with Gasteiger partial charge in [-0.2, -0.15) is 5.10 Å². The Morgan fingerprint density at radius 3 is 2.37 bits per heavy atom. The number of ether oxygens (including phenoxy) is 1. The Kier molecular flexibility index (Phi) is 8.88. The highest BCUT2D eigenvalue weighted by atomic mass is 19.1. The Bertz CT molecular complexity index is 1550. The van der Waals surface area contributed by atoms with Gasteiger partial charge in [0.2, 0.25) is 5.91 Å². The molecule has 0 bridgehead atoms. The maximum Gasteiger partial charge on any atom is 0.407 e. The minimum Gasteiger partial charge on any atom is -0.478 e. The van der Waals surface area contributed by atoms with Crippen LogP contribution in [0.3, 0.4) is 0 Å². The van der Waals surface area contributed by atoms with E-state index in [0.29, 0.717) is 31.1 Å². The van der Waals surface area contributed by atoms with Crippen LogP contribution in [0, 0.1) is 11.7 Å². The van der Waals surface area contributed by atoms with Gasteiger partial charge in [-0.25, -0.2) is 9.18 Å². The average molecular weight is 633 g/mol. The van der Waals surface area contributed by atoms with Crippen LogP contribution in [0.15, 0.2) is 54.9 Å². The van der Waals surface area contributed by atoms with Crippen molar-refractivity contribution in [3.05, 3.63) is 66.2 Å². The molecule has 1 atom stereocenters. The van der Waals surface area contributed by atoms with Gasteiger partial charge in [0.1, 0.15) is 11.6 Å². The number of benzene rings is 2. The summed E-state index contributed by atoms with van der Waals surface area (Å²) < 4.78 is 21.4. The first kappa shape index (κ1) is 31.4. The number of hydrogen-bond acceptors (Lipinski definition) is 6. The summed E-state index contributed by atoms with van der Waals surface area (Å²) in [5, 5.41) is 16.1. The van der Waals surface area contributed by atoms with Crippen LogP contribution in [0.2, 0.25) is 0 Å². The van der Waals surface area contributed by atoms with E-state index in [1.807, 2.05) is 28.1 Å². The SMILES string of the molecule is CC(C)(Oc1ccc(F)c(N2CCC[C@@H](C(=O)N(Cc3ccc(-c4cn[nH]c4)cc3)C3CC3)C2)c1)C(=O)N1CCN(C(=O)O)CC1. The molecule has 1 aromatic heterocycles. The second-order valence-electron chi connectivity index (χ2n) is 13.0.